The number of fused-ring (bicyclic) bond motifs is 1. The Morgan fingerprint density at radius 3 is 1.87 bits per heavy atom. The van der Waals surface area contributed by atoms with E-state index >= 15 is 0 Å². The number of benzene rings is 1. The lowest BCUT2D eigenvalue weighted by atomic mass is 10.1. The first-order chi connectivity index (χ1) is 7.25. The maximum absolute atomic E-state index is 11.1. The van der Waals surface area contributed by atoms with E-state index < -0.39 is 16.5 Å². The van der Waals surface area contributed by atoms with E-state index in [1.54, 1.807) is 0 Å². The summed E-state index contributed by atoms with van der Waals surface area (Å²) >= 11 is 0. The van der Waals surface area contributed by atoms with E-state index in [1.807, 2.05) is 24.3 Å². The van der Waals surface area contributed by atoms with Crippen LogP contribution >= 0.6 is 16.5 Å². The summed E-state index contributed by atoms with van der Waals surface area (Å²) in [6.07, 6.45) is 0. The molecule has 0 amide bonds. The van der Waals surface area contributed by atoms with Crippen LogP contribution in [-0.2, 0) is 35.7 Å². The maximum atomic E-state index is 11.1. The molecule has 2 atom stereocenters. The Morgan fingerprint density at radius 1 is 0.933 bits per heavy atom. The summed E-state index contributed by atoms with van der Waals surface area (Å²) in [7, 11) is -5.41. The van der Waals surface area contributed by atoms with Gasteiger partial charge in [-0.25, -0.2) is 4.31 Å². The Hall–Kier alpha value is -0.440. The monoisotopic (exact) mass is 248 g/mol. The van der Waals surface area contributed by atoms with Gasteiger partial charge in [-0.1, -0.05) is 24.3 Å². The minimum Gasteiger partial charge on any atom is -0.306 e. The molecule has 0 aliphatic carbocycles. The van der Waals surface area contributed by atoms with Crippen LogP contribution in [0.5, 0.6) is 0 Å². The highest BCUT2D eigenvalue weighted by Gasteiger charge is 2.13. The van der Waals surface area contributed by atoms with Gasteiger partial charge >= 0.3 is 16.5 Å². The van der Waals surface area contributed by atoms with Gasteiger partial charge in [-0.2, -0.15) is 0 Å². The first kappa shape index (κ1) is 11.1. The third kappa shape index (κ3) is 3.00. The van der Waals surface area contributed by atoms with Crippen LogP contribution in [0.2, 0.25) is 0 Å². The maximum Gasteiger partial charge on any atom is 0.326 e. The zero-order chi connectivity index (χ0) is 10.7. The van der Waals surface area contributed by atoms with Crippen molar-refractivity contribution in [2.24, 2.45) is 0 Å². The summed E-state index contributed by atoms with van der Waals surface area (Å²) in [6.45, 7) is 0.374. The summed E-state index contributed by atoms with van der Waals surface area (Å²) in [5, 5.41) is 0. The highest BCUT2D eigenvalue weighted by molar-refractivity contribution is 7.47. The lowest BCUT2D eigenvalue weighted by molar-refractivity contribution is 0.257. The van der Waals surface area contributed by atoms with Crippen LogP contribution in [0.15, 0.2) is 24.3 Å². The van der Waals surface area contributed by atoms with Crippen LogP contribution in [0.1, 0.15) is 11.1 Å². The van der Waals surface area contributed by atoms with Crippen LogP contribution in [0, 0.1) is 0 Å². The Labute approximate surface area is 88.3 Å². The van der Waals surface area contributed by atoms with E-state index in [0.717, 1.165) is 11.1 Å². The largest absolute Gasteiger partial charge is 0.326 e. The normalized spacial score (nSPS) is 27.2. The molecule has 5 nitrogen and oxygen atoms in total. The molecule has 0 N–H and O–H groups in total. The van der Waals surface area contributed by atoms with E-state index in [1.165, 1.54) is 0 Å². The molecule has 15 heavy (non-hydrogen) atoms. The zero-order valence-corrected chi connectivity index (χ0v) is 9.76. The van der Waals surface area contributed by atoms with Gasteiger partial charge in [0.2, 0.25) is 0 Å². The molecule has 1 aromatic rings. The fourth-order valence-electron chi connectivity index (χ4n) is 1.24. The lowest BCUT2D eigenvalue weighted by Crippen LogP contribution is -1.93. The predicted molar refractivity (Wildman–Crippen MR) is 55.1 cm³/mol. The van der Waals surface area contributed by atoms with Crippen molar-refractivity contribution in [3.05, 3.63) is 35.4 Å². The molecule has 0 bridgehead atoms. The van der Waals surface area contributed by atoms with Gasteiger partial charge in [-0.15, -0.1) is 0 Å². The molecule has 1 aliphatic heterocycles. The van der Waals surface area contributed by atoms with E-state index in [2.05, 4.69) is 4.31 Å². The molecule has 0 saturated heterocycles. The van der Waals surface area contributed by atoms with Gasteiger partial charge in [-0.3, -0.25) is 9.13 Å². The number of hydrogen-bond donors (Lipinski definition) is 0. The van der Waals surface area contributed by atoms with E-state index in [-0.39, 0.29) is 13.2 Å². The molecule has 0 aromatic heterocycles. The third-order valence-corrected chi connectivity index (χ3v) is 4.07. The molecule has 0 fully saturated rings. The van der Waals surface area contributed by atoms with Crippen molar-refractivity contribution in [1.29, 1.82) is 0 Å². The van der Waals surface area contributed by atoms with E-state index in [9.17, 15) is 9.13 Å². The summed E-state index contributed by atoms with van der Waals surface area (Å²) in [6, 6.07) is 7.38. The van der Waals surface area contributed by atoms with Crippen molar-refractivity contribution in [2.45, 2.75) is 13.2 Å². The Kier molecular flexibility index (Phi) is 3.73. The predicted octanol–water partition coefficient (Wildman–Crippen LogP) is 2.53. The minimum absolute atomic E-state index is 0.187. The van der Waals surface area contributed by atoms with Gasteiger partial charge < -0.3 is 9.05 Å². The molecular formula is C8H10O5P2. The molecule has 1 aliphatic rings. The average Bonchev–Trinajstić information content (AvgIpc) is 2.30. The van der Waals surface area contributed by atoms with Gasteiger partial charge in [0.1, 0.15) is 0 Å². The highest BCUT2D eigenvalue weighted by Crippen LogP contribution is 2.42. The zero-order valence-electron chi connectivity index (χ0n) is 7.76. The van der Waals surface area contributed by atoms with E-state index in [0.29, 0.717) is 0 Å². The van der Waals surface area contributed by atoms with E-state index in [4.69, 9.17) is 9.05 Å². The first-order valence-corrected chi connectivity index (χ1v) is 6.79. The first-order valence-electron chi connectivity index (χ1n) is 4.34. The van der Waals surface area contributed by atoms with Crippen molar-refractivity contribution < 1.29 is 22.5 Å². The average molecular weight is 248 g/mol. The molecule has 1 aromatic carbocycles. The van der Waals surface area contributed by atoms with Gasteiger partial charge in [0.15, 0.2) is 0 Å². The number of hydrogen-bond acceptors (Lipinski definition) is 5. The van der Waals surface area contributed by atoms with Crippen LogP contribution in [0.25, 0.3) is 0 Å². The van der Waals surface area contributed by atoms with Crippen LogP contribution < -0.4 is 0 Å². The molecule has 1 heterocycles. The fourth-order valence-corrected chi connectivity index (χ4v) is 2.80. The van der Waals surface area contributed by atoms with Crippen molar-refractivity contribution in [2.75, 3.05) is 0 Å². The summed E-state index contributed by atoms with van der Waals surface area (Å²) < 4.78 is 36.6. The molecular weight excluding hydrogens is 238 g/mol. The second-order valence-electron chi connectivity index (χ2n) is 2.95. The topological polar surface area (TPSA) is 61.8 Å². The molecule has 2 unspecified atom stereocenters. The Balaban J connectivity index is 2.25. The fraction of sp³-hybridized carbons (Fsp3) is 0.250. The SMILES string of the molecule is O=[PH]1OCc2ccccc2CO[PH](=O)O1. The summed E-state index contributed by atoms with van der Waals surface area (Å²) in [5.41, 5.74) is 1.74. The second kappa shape index (κ2) is 5.06. The molecule has 82 valence electrons. The Bertz CT molecular complexity index is 369. The second-order valence-corrected chi connectivity index (χ2v) is 5.34. The van der Waals surface area contributed by atoms with Crippen molar-refractivity contribution in [1.82, 2.24) is 0 Å². The van der Waals surface area contributed by atoms with Crippen LogP contribution in [0.4, 0.5) is 0 Å². The molecule has 0 radical (unpaired) electrons. The highest BCUT2D eigenvalue weighted by atomic mass is 31.2. The lowest BCUT2D eigenvalue weighted by Gasteiger charge is -2.05. The van der Waals surface area contributed by atoms with Crippen LogP contribution in [0.3, 0.4) is 0 Å². The Morgan fingerprint density at radius 2 is 1.40 bits per heavy atom. The minimum atomic E-state index is -2.71. The van der Waals surface area contributed by atoms with Gasteiger partial charge in [0, 0.05) is 0 Å². The molecule has 0 saturated carbocycles. The van der Waals surface area contributed by atoms with Gasteiger partial charge in [-0.05, 0) is 11.1 Å². The van der Waals surface area contributed by atoms with Crippen molar-refractivity contribution in [3.8, 4) is 0 Å². The number of rotatable bonds is 0. The van der Waals surface area contributed by atoms with Crippen molar-refractivity contribution >= 4 is 16.5 Å². The summed E-state index contributed by atoms with van der Waals surface area (Å²) in [4.78, 5) is 0. The third-order valence-electron chi connectivity index (χ3n) is 1.98. The standard InChI is InChI=1S/C8H10O5P2/c9-14-11-5-7-3-1-2-4-8(7)6-12-15(10)13-14/h1-4,14-15H,5-6H2. The molecule has 7 heteroatoms. The summed E-state index contributed by atoms with van der Waals surface area (Å²) in [5.74, 6) is 0. The molecule has 0 spiro atoms. The van der Waals surface area contributed by atoms with Crippen LogP contribution in [-0.4, -0.2) is 0 Å². The van der Waals surface area contributed by atoms with Crippen molar-refractivity contribution in [3.63, 3.8) is 0 Å². The van der Waals surface area contributed by atoms with Gasteiger partial charge in [0.05, 0.1) is 13.2 Å². The van der Waals surface area contributed by atoms with Gasteiger partial charge in [0.25, 0.3) is 0 Å². The smallest absolute Gasteiger partial charge is 0.306 e. The molecule has 2 rings (SSSR count). The quantitative estimate of drug-likeness (QED) is 0.660.